The van der Waals surface area contributed by atoms with Gasteiger partial charge in [-0.05, 0) is 49.8 Å². The van der Waals surface area contributed by atoms with Crippen LogP contribution in [0.3, 0.4) is 0 Å². The third kappa shape index (κ3) is 4.03. The summed E-state index contributed by atoms with van der Waals surface area (Å²) in [5.41, 5.74) is 5.14. The Balaban J connectivity index is 2.11. The third-order valence-corrected chi connectivity index (χ3v) is 4.02. The summed E-state index contributed by atoms with van der Waals surface area (Å²) in [5, 5.41) is 0.467. The zero-order valence-corrected chi connectivity index (χ0v) is 11.7. The van der Waals surface area contributed by atoms with Gasteiger partial charge in [-0.25, -0.2) is 4.39 Å². The lowest BCUT2D eigenvalue weighted by atomic mass is 9.96. The van der Waals surface area contributed by atoms with E-state index in [1.807, 2.05) is 0 Å². The predicted molar refractivity (Wildman–Crippen MR) is 77.4 cm³/mol. The molecule has 0 radical (unpaired) electrons. The molecule has 2 rings (SSSR count). The molecule has 3 N–H and O–H groups in total. The number of hydrazine groups is 1. The van der Waals surface area contributed by atoms with Gasteiger partial charge < -0.3 is 0 Å². The molecule has 0 aliphatic heterocycles. The number of halogens is 2. The SMILES string of the molecule is NNC(Cc1ccc(F)cc1Cl)C1=CCCCCC1. The third-order valence-electron chi connectivity index (χ3n) is 3.66. The van der Waals surface area contributed by atoms with E-state index < -0.39 is 0 Å². The van der Waals surface area contributed by atoms with E-state index in [9.17, 15) is 4.39 Å². The molecule has 1 aromatic rings. The fourth-order valence-electron chi connectivity index (χ4n) is 2.56. The molecule has 1 aliphatic carbocycles. The summed E-state index contributed by atoms with van der Waals surface area (Å²) in [6.45, 7) is 0. The first-order chi connectivity index (χ1) is 9.20. The maximum Gasteiger partial charge on any atom is 0.124 e. The number of benzene rings is 1. The van der Waals surface area contributed by atoms with Crippen molar-refractivity contribution in [2.24, 2.45) is 5.84 Å². The minimum absolute atomic E-state index is 0.0843. The van der Waals surface area contributed by atoms with Crippen molar-refractivity contribution in [1.82, 2.24) is 5.43 Å². The maximum absolute atomic E-state index is 13.0. The minimum atomic E-state index is -0.306. The molecule has 0 saturated heterocycles. The fraction of sp³-hybridized carbons (Fsp3) is 0.467. The van der Waals surface area contributed by atoms with Gasteiger partial charge in [-0.1, -0.05) is 35.7 Å². The van der Waals surface area contributed by atoms with E-state index in [4.69, 9.17) is 17.4 Å². The van der Waals surface area contributed by atoms with Gasteiger partial charge in [-0.15, -0.1) is 0 Å². The molecule has 0 amide bonds. The molecular formula is C15H20ClFN2. The summed E-state index contributed by atoms with van der Waals surface area (Å²) in [7, 11) is 0. The van der Waals surface area contributed by atoms with E-state index >= 15 is 0 Å². The van der Waals surface area contributed by atoms with Gasteiger partial charge in [0.1, 0.15) is 5.82 Å². The fourth-order valence-corrected chi connectivity index (χ4v) is 2.80. The van der Waals surface area contributed by atoms with Crippen molar-refractivity contribution in [2.45, 2.75) is 44.6 Å². The van der Waals surface area contributed by atoms with Crippen LogP contribution in [0.2, 0.25) is 5.02 Å². The number of hydrogen-bond acceptors (Lipinski definition) is 2. The van der Waals surface area contributed by atoms with Crippen LogP contribution in [0, 0.1) is 5.82 Å². The topological polar surface area (TPSA) is 38.0 Å². The summed E-state index contributed by atoms with van der Waals surface area (Å²) in [6, 6.07) is 4.61. The summed E-state index contributed by atoms with van der Waals surface area (Å²) < 4.78 is 13.0. The highest BCUT2D eigenvalue weighted by molar-refractivity contribution is 6.31. The maximum atomic E-state index is 13.0. The zero-order chi connectivity index (χ0) is 13.7. The van der Waals surface area contributed by atoms with Gasteiger partial charge in [0.2, 0.25) is 0 Å². The van der Waals surface area contributed by atoms with Crippen molar-refractivity contribution < 1.29 is 4.39 Å². The Kier molecular flexibility index (Phi) is 5.37. The summed E-state index contributed by atoms with van der Waals surface area (Å²) >= 11 is 6.07. The standard InChI is InChI=1S/C15H20ClFN2/c16-14-10-13(17)8-7-12(14)9-15(19-18)11-5-3-1-2-4-6-11/h5,7-8,10,15,19H,1-4,6,9,18H2. The van der Waals surface area contributed by atoms with Gasteiger partial charge in [-0.3, -0.25) is 11.3 Å². The average Bonchev–Trinajstić information content (AvgIpc) is 2.67. The highest BCUT2D eigenvalue weighted by Crippen LogP contribution is 2.24. The first-order valence-electron chi connectivity index (χ1n) is 6.79. The number of hydrogen-bond donors (Lipinski definition) is 2. The number of nitrogens with two attached hydrogens (primary N) is 1. The van der Waals surface area contributed by atoms with Crippen LogP contribution in [0.1, 0.15) is 37.7 Å². The molecule has 0 spiro atoms. The van der Waals surface area contributed by atoms with Crippen molar-refractivity contribution >= 4 is 11.6 Å². The van der Waals surface area contributed by atoms with Gasteiger partial charge in [0, 0.05) is 11.1 Å². The molecule has 0 bridgehead atoms. The van der Waals surface area contributed by atoms with Crippen LogP contribution in [0.15, 0.2) is 29.8 Å². The molecule has 0 heterocycles. The van der Waals surface area contributed by atoms with Crippen LogP contribution in [0.25, 0.3) is 0 Å². The van der Waals surface area contributed by atoms with Crippen molar-refractivity contribution in [3.63, 3.8) is 0 Å². The molecular weight excluding hydrogens is 263 g/mol. The van der Waals surface area contributed by atoms with Gasteiger partial charge in [0.15, 0.2) is 0 Å². The van der Waals surface area contributed by atoms with Crippen molar-refractivity contribution in [1.29, 1.82) is 0 Å². The second-order valence-electron chi connectivity index (χ2n) is 5.04. The molecule has 1 unspecified atom stereocenters. The van der Waals surface area contributed by atoms with Crippen LogP contribution in [0.5, 0.6) is 0 Å². The van der Waals surface area contributed by atoms with E-state index in [1.54, 1.807) is 6.07 Å². The number of nitrogens with one attached hydrogen (secondary N) is 1. The van der Waals surface area contributed by atoms with Gasteiger partial charge in [0.25, 0.3) is 0 Å². The number of allylic oxidation sites excluding steroid dienone is 1. The van der Waals surface area contributed by atoms with Crippen LogP contribution in [-0.2, 0) is 6.42 Å². The second kappa shape index (κ2) is 7.04. The summed E-state index contributed by atoms with van der Waals surface area (Å²) in [6.07, 6.45) is 8.91. The Morgan fingerprint density at radius 2 is 2.16 bits per heavy atom. The molecule has 104 valence electrons. The molecule has 4 heteroatoms. The van der Waals surface area contributed by atoms with Gasteiger partial charge >= 0.3 is 0 Å². The molecule has 19 heavy (non-hydrogen) atoms. The molecule has 0 aromatic heterocycles. The Bertz CT molecular complexity index is 459. The summed E-state index contributed by atoms with van der Waals surface area (Å²) in [4.78, 5) is 0. The van der Waals surface area contributed by atoms with Gasteiger partial charge in [-0.2, -0.15) is 0 Å². The zero-order valence-electron chi connectivity index (χ0n) is 11.0. The minimum Gasteiger partial charge on any atom is -0.271 e. The average molecular weight is 283 g/mol. The lowest BCUT2D eigenvalue weighted by Crippen LogP contribution is -2.38. The lowest BCUT2D eigenvalue weighted by Gasteiger charge is -2.20. The highest BCUT2D eigenvalue weighted by atomic mass is 35.5. The van der Waals surface area contributed by atoms with Crippen molar-refractivity contribution in [3.8, 4) is 0 Å². The van der Waals surface area contributed by atoms with E-state index in [0.29, 0.717) is 11.4 Å². The van der Waals surface area contributed by atoms with Crippen LogP contribution in [-0.4, -0.2) is 6.04 Å². The molecule has 0 saturated carbocycles. The van der Waals surface area contributed by atoms with E-state index in [1.165, 1.54) is 37.0 Å². The Morgan fingerprint density at radius 1 is 1.32 bits per heavy atom. The van der Waals surface area contributed by atoms with E-state index in [-0.39, 0.29) is 11.9 Å². The molecule has 1 aromatic carbocycles. The molecule has 1 atom stereocenters. The monoisotopic (exact) mass is 282 g/mol. The molecule has 0 fully saturated rings. The largest absolute Gasteiger partial charge is 0.271 e. The van der Waals surface area contributed by atoms with E-state index in [0.717, 1.165) is 18.4 Å². The van der Waals surface area contributed by atoms with Crippen LogP contribution in [0.4, 0.5) is 4.39 Å². The Labute approximate surface area is 118 Å². The quantitative estimate of drug-likeness (QED) is 0.501. The van der Waals surface area contributed by atoms with Crippen LogP contribution < -0.4 is 11.3 Å². The second-order valence-corrected chi connectivity index (χ2v) is 5.44. The Morgan fingerprint density at radius 3 is 2.89 bits per heavy atom. The smallest absolute Gasteiger partial charge is 0.124 e. The normalized spacial score (nSPS) is 17.7. The molecule has 2 nitrogen and oxygen atoms in total. The van der Waals surface area contributed by atoms with Crippen molar-refractivity contribution in [3.05, 3.63) is 46.3 Å². The van der Waals surface area contributed by atoms with Crippen molar-refractivity contribution in [2.75, 3.05) is 0 Å². The Hall–Kier alpha value is -0.900. The first kappa shape index (κ1) is 14.5. The summed E-state index contributed by atoms with van der Waals surface area (Å²) in [5.74, 6) is 5.37. The van der Waals surface area contributed by atoms with Crippen LogP contribution >= 0.6 is 11.6 Å². The van der Waals surface area contributed by atoms with Gasteiger partial charge in [0.05, 0.1) is 0 Å². The number of rotatable bonds is 4. The van der Waals surface area contributed by atoms with E-state index in [2.05, 4.69) is 11.5 Å². The lowest BCUT2D eigenvalue weighted by molar-refractivity contribution is 0.563. The first-order valence-corrected chi connectivity index (χ1v) is 7.17. The molecule has 1 aliphatic rings. The predicted octanol–water partition coefficient (Wildman–Crippen LogP) is 3.74. The highest BCUT2D eigenvalue weighted by Gasteiger charge is 2.16.